The highest BCUT2D eigenvalue weighted by molar-refractivity contribution is 5.80. The van der Waals surface area contributed by atoms with Crippen molar-refractivity contribution in [1.29, 1.82) is 0 Å². The Morgan fingerprint density at radius 3 is 1.74 bits per heavy atom. The maximum Gasteiger partial charge on any atom is 0.249 e. The number of nitrogens with one attached hydrogen (secondary N) is 1. The average molecular weight is 718 g/mol. The highest BCUT2D eigenvalue weighted by Gasteiger charge is 2.44. The van der Waals surface area contributed by atoms with Crippen LogP contribution in [0.3, 0.4) is 0 Å². The molecular formula is C39H75NO10. The van der Waals surface area contributed by atoms with Gasteiger partial charge in [0.2, 0.25) is 5.91 Å². The zero-order chi connectivity index (χ0) is 37.0. The largest absolute Gasteiger partial charge is 0.394 e. The Morgan fingerprint density at radius 2 is 1.18 bits per heavy atom. The fourth-order valence-electron chi connectivity index (χ4n) is 6.36. The maximum atomic E-state index is 12.9. The fourth-order valence-corrected chi connectivity index (χ4v) is 6.36. The second-order valence-electron chi connectivity index (χ2n) is 14.4. The quantitative estimate of drug-likeness (QED) is 0.0350. The van der Waals surface area contributed by atoms with Crippen molar-refractivity contribution < 1.29 is 50.0 Å². The van der Waals surface area contributed by atoms with E-state index in [1.165, 1.54) is 77.0 Å². The van der Waals surface area contributed by atoms with E-state index in [0.717, 1.165) is 44.9 Å². The van der Waals surface area contributed by atoms with Gasteiger partial charge in [-0.2, -0.15) is 0 Å². The third-order valence-electron chi connectivity index (χ3n) is 9.82. The predicted molar refractivity (Wildman–Crippen MR) is 196 cm³/mol. The number of carbonyl (C=O) groups is 1. The lowest BCUT2D eigenvalue weighted by Gasteiger charge is -2.40. The molecule has 8 N–H and O–H groups in total. The van der Waals surface area contributed by atoms with Crippen LogP contribution < -0.4 is 5.32 Å². The van der Waals surface area contributed by atoms with E-state index in [1.54, 1.807) is 0 Å². The Balaban J connectivity index is 2.55. The monoisotopic (exact) mass is 718 g/mol. The highest BCUT2D eigenvalue weighted by atomic mass is 16.7. The zero-order valence-electron chi connectivity index (χ0n) is 31.4. The molecule has 1 heterocycles. The summed E-state index contributed by atoms with van der Waals surface area (Å²) < 4.78 is 11.0. The number of aliphatic hydroxyl groups is 7. The van der Waals surface area contributed by atoms with E-state index < -0.39 is 74.2 Å². The van der Waals surface area contributed by atoms with Gasteiger partial charge < -0.3 is 50.5 Å². The van der Waals surface area contributed by atoms with Gasteiger partial charge in [-0.3, -0.25) is 4.79 Å². The van der Waals surface area contributed by atoms with Crippen molar-refractivity contribution in [3.63, 3.8) is 0 Å². The van der Waals surface area contributed by atoms with Crippen LogP contribution in [0, 0.1) is 0 Å². The first-order valence-corrected chi connectivity index (χ1v) is 20.1. The smallest absolute Gasteiger partial charge is 0.249 e. The summed E-state index contributed by atoms with van der Waals surface area (Å²) in [4.78, 5) is 12.9. The molecule has 0 saturated carbocycles. The van der Waals surface area contributed by atoms with Gasteiger partial charge in [-0.1, -0.05) is 142 Å². The predicted octanol–water partition coefficient (Wildman–Crippen LogP) is 4.94. The van der Waals surface area contributed by atoms with Gasteiger partial charge in [-0.25, -0.2) is 0 Å². The fraction of sp³-hybridized carbons (Fsp3) is 0.923. The van der Waals surface area contributed by atoms with E-state index in [1.807, 2.05) is 0 Å². The molecule has 1 amide bonds. The topological polar surface area (TPSA) is 189 Å². The van der Waals surface area contributed by atoms with Crippen LogP contribution in [0.1, 0.15) is 162 Å². The molecule has 0 radical (unpaired) electrons. The van der Waals surface area contributed by atoms with Crippen molar-refractivity contribution in [3.05, 3.63) is 12.2 Å². The molecule has 1 saturated heterocycles. The lowest BCUT2D eigenvalue weighted by Crippen LogP contribution is -2.60. The summed E-state index contributed by atoms with van der Waals surface area (Å²) in [7, 11) is 0. The van der Waals surface area contributed by atoms with Crippen LogP contribution in [0.5, 0.6) is 0 Å². The number of allylic oxidation sites excluding steroid dienone is 2. The summed E-state index contributed by atoms with van der Waals surface area (Å²) in [6, 6.07) is -1.17. The highest BCUT2D eigenvalue weighted by Crippen LogP contribution is 2.23. The molecule has 9 atom stereocenters. The first-order chi connectivity index (χ1) is 24.2. The van der Waals surface area contributed by atoms with Crippen LogP contribution in [0.2, 0.25) is 0 Å². The number of hydrogen-bond donors (Lipinski definition) is 8. The minimum Gasteiger partial charge on any atom is -0.394 e. The van der Waals surface area contributed by atoms with Gasteiger partial charge in [0.1, 0.15) is 36.6 Å². The lowest BCUT2D eigenvalue weighted by atomic mass is 9.98. The Morgan fingerprint density at radius 1 is 0.680 bits per heavy atom. The average Bonchev–Trinajstić information content (AvgIpc) is 3.11. The van der Waals surface area contributed by atoms with E-state index in [-0.39, 0.29) is 6.42 Å². The summed E-state index contributed by atoms with van der Waals surface area (Å²) in [5.41, 5.74) is 0. The molecule has 1 aliphatic heterocycles. The van der Waals surface area contributed by atoms with E-state index in [9.17, 15) is 40.5 Å². The number of amides is 1. The van der Waals surface area contributed by atoms with Crippen molar-refractivity contribution >= 4 is 5.91 Å². The number of unbranched alkanes of at least 4 members (excludes halogenated alkanes) is 18. The van der Waals surface area contributed by atoms with Crippen molar-refractivity contribution in [2.45, 2.75) is 217 Å². The molecular weight excluding hydrogens is 642 g/mol. The van der Waals surface area contributed by atoms with Gasteiger partial charge in [-0.05, 0) is 32.1 Å². The van der Waals surface area contributed by atoms with E-state index in [2.05, 4.69) is 31.3 Å². The summed E-state index contributed by atoms with van der Waals surface area (Å²) in [5.74, 6) is -0.713. The van der Waals surface area contributed by atoms with Crippen molar-refractivity contribution in [2.24, 2.45) is 0 Å². The summed E-state index contributed by atoms with van der Waals surface area (Å²) in [6.07, 6.45) is 17.1. The standard InChI is InChI=1S/C39H75NO10/c1-3-5-7-9-11-13-14-15-16-17-19-20-22-24-26-31(42)34(44)30(29-49-39-37(47)36(46)35(45)33(28-41)50-39)40-38(48)32(43)27-25-23-21-18-12-10-8-6-4-2/h10,12,30-37,39,41-47H,3-9,11,13-29H2,1-2H3,(H,40,48)/b12-10-. The Bertz CT molecular complexity index is 831. The molecule has 11 nitrogen and oxygen atoms in total. The van der Waals surface area contributed by atoms with Crippen LogP contribution in [0.15, 0.2) is 12.2 Å². The van der Waals surface area contributed by atoms with E-state index in [4.69, 9.17) is 9.47 Å². The molecule has 9 unspecified atom stereocenters. The van der Waals surface area contributed by atoms with Gasteiger partial charge in [0.15, 0.2) is 6.29 Å². The van der Waals surface area contributed by atoms with Crippen LogP contribution in [-0.2, 0) is 14.3 Å². The molecule has 1 fully saturated rings. The molecule has 1 rings (SSSR count). The lowest BCUT2D eigenvalue weighted by molar-refractivity contribution is -0.303. The first-order valence-electron chi connectivity index (χ1n) is 20.1. The number of rotatable bonds is 32. The summed E-state index contributed by atoms with van der Waals surface area (Å²) >= 11 is 0. The molecule has 11 heteroatoms. The SMILES string of the molecule is CCCC/C=C\CCCCCC(O)C(=O)NC(COC1OC(CO)C(O)C(O)C1O)C(O)C(O)CCCCCCCCCCCCCCCC. The van der Waals surface area contributed by atoms with Gasteiger partial charge in [-0.15, -0.1) is 0 Å². The number of carbonyl (C=O) groups excluding carboxylic acids is 1. The van der Waals surface area contributed by atoms with Crippen LogP contribution in [0.25, 0.3) is 0 Å². The molecule has 0 bridgehead atoms. The van der Waals surface area contributed by atoms with Crippen molar-refractivity contribution in [3.8, 4) is 0 Å². The normalized spacial score (nSPS) is 23.6. The molecule has 0 aromatic heterocycles. The Kier molecular flexibility index (Phi) is 28.4. The number of aliphatic hydroxyl groups excluding tert-OH is 7. The third kappa shape index (κ3) is 20.8. The zero-order valence-corrected chi connectivity index (χ0v) is 31.4. The number of ether oxygens (including phenoxy) is 2. The molecule has 0 aliphatic carbocycles. The first kappa shape index (κ1) is 46.9. The summed E-state index contributed by atoms with van der Waals surface area (Å²) in [5, 5.41) is 75.2. The third-order valence-corrected chi connectivity index (χ3v) is 9.82. The minimum absolute atomic E-state index is 0.239. The number of hydrogen-bond acceptors (Lipinski definition) is 10. The Hall–Kier alpha value is -1.15. The molecule has 0 aromatic carbocycles. The van der Waals surface area contributed by atoms with E-state index in [0.29, 0.717) is 19.3 Å². The molecule has 0 spiro atoms. The van der Waals surface area contributed by atoms with Crippen molar-refractivity contribution in [1.82, 2.24) is 5.32 Å². The molecule has 50 heavy (non-hydrogen) atoms. The van der Waals surface area contributed by atoms with Crippen LogP contribution >= 0.6 is 0 Å². The second kappa shape index (κ2) is 30.3. The van der Waals surface area contributed by atoms with Gasteiger partial charge in [0, 0.05) is 0 Å². The molecule has 296 valence electrons. The van der Waals surface area contributed by atoms with Gasteiger partial charge in [0.25, 0.3) is 0 Å². The van der Waals surface area contributed by atoms with Gasteiger partial charge in [0.05, 0.1) is 25.4 Å². The minimum atomic E-state index is -1.66. The second-order valence-corrected chi connectivity index (χ2v) is 14.4. The maximum absolute atomic E-state index is 12.9. The van der Waals surface area contributed by atoms with Crippen molar-refractivity contribution in [2.75, 3.05) is 13.2 Å². The Labute approximate surface area is 302 Å². The molecule has 0 aromatic rings. The summed E-state index contributed by atoms with van der Waals surface area (Å²) in [6.45, 7) is 3.34. The van der Waals surface area contributed by atoms with Crippen LogP contribution in [0.4, 0.5) is 0 Å². The van der Waals surface area contributed by atoms with Gasteiger partial charge >= 0.3 is 0 Å². The van der Waals surface area contributed by atoms with E-state index >= 15 is 0 Å². The van der Waals surface area contributed by atoms with Crippen LogP contribution in [-0.4, -0.2) is 110 Å². The molecule has 1 aliphatic rings.